The first-order valence-corrected chi connectivity index (χ1v) is 11.4. The molecule has 0 saturated carbocycles. The third kappa shape index (κ3) is 5.03. The fourth-order valence-corrected chi connectivity index (χ4v) is 4.07. The molecule has 0 radical (unpaired) electrons. The SMILES string of the molecule is CC(C)Cn1cnc2c1c(=O)n(CC(=O)Nc1ccc(C#N)c(Cl)c1)c(=O)n2Cc1ccccc1. The fourth-order valence-electron chi connectivity index (χ4n) is 3.85. The summed E-state index contributed by atoms with van der Waals surface area (Å²) >= 11 is 6.04. The Morgan fingerprint density at radius 3 is 2.54 bits per heavy atom. The van der Waals surface area contributed by atoms with Gasteiger partial charge in [0.05, 0.1) is 23.5 Å². The zero-order valence-corrected chi connectivity index (χ0v) is 20.0. The van der Waals surface area contributed by atoms with Gasteiger partial charge in [0.2, 0.25) is 5.91 Å². The molecule has 2 aromatic carbocycles. The largest absolute Gasteiger partial charge is 0.333 e. The number of fused-ring (bicyclic) bond motifs is 1. The minimum atomic E-state index is -0.630. The number of amides is 1. The lowest BCUT2D eigenvalue weighted by atomic mass is 10.2. The van der Waals surface area contributed by atoms with Crippen LogP contribution in [-0.4, -0.2) is 24.6 Å². The molecule has 4 rings (SSSR count). The molecule has 10 heteroatoms. The van der Waals surface area contributed by atoms with Crippen molar-refractivity contribution in [3.8, 4) is 6.07 Å². The van der Waals surface area contributed by atoms with Gasteiger partial charge in [-0.2, -0.15) is 5.26 Å². The van der Waals surface area contributed by atoms with Crippen molar-refractivity contribution in [1.29, 1.82) is 5.26 Å². The van der Waals surface area contributed by atoms with Gasteiger partial charge in [0.25, 0.3) is 5.56 Å². The third-order valence-corrected chi connectivity index (χ3v) is 5.72. The summed E-state index contributed by atoms with van der Waals surface area (Å²) in [7, 11) is 0. The smallest absolute Gasteiger partial charge is 0.324 e. The molecule has 0 aliphatic heterocycles. The summed E-state index contributed by atoms with van der Waals surface area (Å²) in [5, 5.41) is 11.8. The molecule has 2 heterocycles. The number of nitrogens with zero attached hydrogens (tertiary/aromatic N) is 5. The van der Waals surface area contributed by atoms with Crippen LogP contribution in [-0.2, 0) is 24.4 Å². The number of anilines is 1. The number of imidazole rings is 1. The number of nitrogens with one attached hydrogen (secondary N) is 1. The Bertz CT molecular complexity index is 1560. The van der Waals surface area contributed by atoms with E-state index in [4.69, 9.17) is 16.9 Å². The van der Waals surface area contributed by atoms with Gasteiger partial charge < -0.3 is 9.88 Å². The average molecular weight is 491 g/mol. The maximum atomic E-state index is 13.4. The molecule has 178 valence electrons. The van der Waals surface area contributed by atoms with E-state index in [1.54, 1.807) is 10.9 Å². The van der Waals surface area contributed by atoms with Gasteiger partial charge in [-0.15, -0.1) is 0 Å². The van der Waals surface area contributed by atoms with Gasteiger partial charge in [0.15, 0.2) is 11.2 Å². The Balaban J connectivity index is 1.77. The summed E-state index contributed by atoms with van der Waals surface area (Å²) in [6.07, 6.45) is 1.55. The number of benzene rings is 2. The van der Waals surface area contributed by atoms with E-state index in [0.29, 0.717) is 12.2 Å². The second-order valence-corrected chi connectivity index (χ2v) is 8.97. The van der Waals surface area contributed by atoms with Gasteiger partial charge in [-0.1, -0.05) is 55.8 Å². The summed E-state index contributed by atoms with van der Waals surface area (Å²) in [6.45, 7) is 4.26. The highest BCUT2D eigenvalue weighted by Crippen LogP contribution is 2.20. The van der Waals surface area contributed by atoms with Crippen LogP contribution in [0.1, 0.15) is 25.0 Å². The summed E-state index contributed by atoms with van der Waals surface area (Å²) in [4.78, 5) is 44.0. The Morgan fingerprint density at radius 1 is 1.14 bits per heavy atom. The van der Waals surface area contributed by atoms with E-state index in [2.05, 4.69) is 10.3 Å². The van der Waals surface area contributed by atoms with Crippen LogP contribution in [0.25, 0.3) is 11.2 Å². The molecule has 4 aromatic rings. The second kappa shape index (κ2) is 9.99. The lowest BCUT2D eigenvalue weighted by molar-refractivity contribution is -0.116. The first kappa shape index (κ1) is 24.0. The molecule has 0 aliphatic rings. The predicted octanol–water partition coefficient (Wildman–Crippen LogP) is 3.23. The van der Waals surface area contributed by atoms with E-state index in [1.807, 2.05) is 50.2 Å². The first-order chi connectivity index (χ1) is 16.8. The zero-order chi connectivity index (χ0) is 25.1. The number of hydrogen-bond acceptors (Lipinski definition) is 5. The number of carbonyl (C=O) groups excluding carboxylic acids is 1. The van der Waals surface area contributed by atoms with E-state index in [9.17, 15) is 14.4 Å². The predicted molar refractivity (Wildman–Crippen MR) is 133 cm³/mol. The average Bonchev–Trinajstić information content (AvgIpc) is 3.23. The lowest BCUT2D eigenvalue weighted by Crippen LogP contribution is -2.43. The van der Waals surface area contributed by atoms with Crippen LogP contribution in [0.2, 0.25) is 5.02 Å². The topological polar surface area (TPSA) is 115 Å². The van der Waals surface area contributed by atoms with Crippen LogP contribution in [0.15, 0.2) is 64.4 Å². The van der Waals surface area contributed by atoms with Crippen molar-refractivity contribution < 1.29 is 4.79 Å². The highest BCUT2D eigenvalue weighted by Gasteiger charge is 2.20. The van der Waals surface area contributed by atoms with Crippen molar-refractivity contribution in [1.82, 2.24) is 18.7 Å². The normalized spacial score (nSPS) is 11.1. The van der Waals surface area contributed by atoms with Gasteiger partial charge in [-0.05, 0) is 29.7 Å². The minimum Gasteiger partial charge on any atom is -0.324 e. The van der Waals surface area contributed by atoms with E-state index in [0.717, 1.165) is 10.1 Å². The number of nitriles is 1. The van der Waals surface area contributed by atoms with Crippen molar-refractivity contribution >= 4 is 34.4 Å². The summed E-state index contributed by atoms with van der Waals surface area (Å²) in [6, 6.07) is 15.7. The Labute approximate surface area is 205 Å². The molecule has 1 N–H and O–H groups in total. The van der Waals surface area contributed by atoms with Crippen LogP contribution in [0.3, 0.4) is 0 Å². The van der Waals surface area contributed by atoms with Crippen LogP contribution in [0.5, 0.6) is 0 Å². The zero-order valence-electron chi connectivity index (χ0n) is 19.2. The molecule has 0 spiro atoms. The number of rotatable bonds is 7. The molecule has 1 amide bonds. The van der Waals surface area contributed by atoms with Crippen molar-refractivity contribution in [3.63, 3.8) is 0 Å². The molecule has 0 bridgehead atoms. The number of carbonyl (C=O) groups is 1. The van der Waals surface area contributed by atoms with E-state index >= 15 is 0 Å². The molecule has 0 aliphatic carbocycles. The maximum absolute atomic E-state index is 13.4. The van der Waals surface area contributed by atoms with Crippen LogP contribution >= 0.6 is 11.6 Å². The molecule has 35 heavy (non-hydrogen) atoms. The van der Waals surface area contributed by atoms with Crippen LogP contribution in [0, 0.1) is 17.2 Å². The van der Waals surface area contributed by atoms with Crippen LogP contribution < -0.4 is 16.6 Å². The van der Waals surface area contributed by atoms with Gasteiger partial charge in [0, 0.05) is 12.2 Å². The van der Waals surface area contributed by atoms with E-state index < -0.39 is 23.7 Å². The minimum absolute atomic E-state index is 0.187. The Kier molecular flexibility index (Phi) is 6.85. The molecule has 0 saturated heterocycles. The first-order valence-electron chi connectivity index (χ1n) is 11.0. The number of hydrogen-bond donors (Lipinski definition) is 1. The molecular formula is C25H23ClN6O3. The Morgan fingerprint density at radius 2 is 1.89 bits per heavy atom. The van der Waals surface area contributed by atoms with Gasteiger partial charge >= 0.3 is 5.69 Å². The molecular weight excluding hydrogens is 468 g/mol. The van der Waals surface area contributed by atoms with Crippen molar-refractivity contribution in [3.05, 3.63) is 91.8 Å². The summed E-state index contributed by atoms with van der Waals surface area (Å²) in [5.74, 6) is -0.343. The quantitative estimate of drug-likeness (QED) is 0.427. The second-order valence-electron chi connectivity index (χ2n) is 8.56. The lowest BCUT2D eigenvalue weighted by Gasteiger charge is -2.14. The third-order valence-electron chi connectivity index (χ3n) is 5.40. The standard InChI is InChI=1S/C25H23ClN6O3/c1-16(2)12-30-15-28-23-22(30)24(34)32(25(35)31(23)13-17-6-4-3-5-7-17)14-21(33)29-19-9-8-18(11-27)20(26)10-19/h3-10,15-16H,12-14H2,1-2H3,(H,29,33). The van der Waals surface area contributed by atoms with Gasteiger partial charge in [-0.25, -0.2) is 14.3 Å². The van der Waals surface area contributed by atoms with Crippen LogP contribution in [0.4, 0.5) is 5.69 Å². The molecule has 9 nitrogen and oxygen atoms in total. The van der Waals surface area contributed by atoms with Gasteiger partial charge in [-0.3, -0.25) is 14.2 Å². The molecule has 2 aromatic heterocycles. The fraction of sp³-hybridized carbons (Fsp3) is 0.240. The van der Waals surface area contributed by atoms with Gasteiger partial charge in [0.1, 0.15) is 12.6 Å². The van der Waals surface area contributed by atoms with E-state index in [-0.39, 0.29) is 34.2 Å². The van der Waals surface area contributed by atoms with Crippen molar-refractivity contribution in [2.75, 3.05) is 5.32 Å². The highest BCUT2D eigenvalue weighted by molar-refractivity contribution is 6.32. The van der Waals surface area contributed by atoms with E-state index in [1.165, 1.54) is 22.8 Å². The summed E-state index contributed by atoms with van der Waals surface area (Å²) < 4.78 is 4.05. The number of aromatic nitrogens is 4. The molecule has 0 unspecified atom stereocenters. The van der Waals surface area contributed by atoms with Crippen molar-refractivity contribution in [2.45, 2.75) is 33.5 Å². The molecule has 0 atom stereocenters. The monoisotopic (exact) mass is 490 g/mol. The number of halogens is 1. The highest BCUT2D eigenvalue weighted by atomic mass is 35.5. The maximum Gasteiger partial charge on any atom is 0.333 e. The van der Waals surface area contributed by atoms with Crippen molar-refractivity contribution in [2.24, 2.45) is 5.92 Å². The summed E-state index contributed by atoms with van der Waals surface area (Å²) in [5.41, 5.74) is 0.811. The molecule has 0 fully saturated rings. The Hall–Kier alpha value is -4.16.